The molecule has 2 aromatic carbocycles. The van der Waals surface area contributed by atoms with Crippen molar-refractivity contribution in [3.63, 3.8) is 0 Å². The number of carbonyl (C=O) groups excluding carboxylic acids is 1. The van der Waals surface area contributed by atoms with E-state index >= 15 is 0 Å². The number of halogens is 1. The SMILES string of the molecule is Cc1ccc(C(=O)C(C)C)cc1-c1ccccc1F. The number of hydrogen-bond donors (Lipinski definition) is 0. The molecule has 0 amide bonds. The Bertz CT molecular complexity index is 614. The van der Waals surface area contributed by atoms with Crippen molar-refractivity contribution in [2.24, 2.45) is 5.92 Å². The van der Waals surface area contributed by atoms with Crippen LogP contribution in [0.25, 0.3) is 11.1 Å². The Hall–Kier alpha value is -1.96. The van der Waals surface area contributed by atoms with E-state index in [2.05, 4.69) is 0 Å². The molecule has 0 fully saturated rings. The summed E-state index contributed by atoms with van der Waals surface area (Å²) >= 11 is 0. The van der Waals surface area contributed by atoms with Gasteiger partial charge in [-0.25, -0.2) is 4.39 Å². The lowest BCUT2D eigenvalue weighted by molar-refractivity contribution is 0.0939. The standard InChI is InChI=1S/C17H17FO/c1-11(2)17(19)13-9-8-12(3)15(10-13)14-6-4-5-7-16(14)18/h4-11H,1-3H3. The van der Waals surface area contributed by atoms with Crippen molar-refractivity contribution in [2.45, 2.75) is 20.8 Å². The van der Waals surface area contributed by atoms with E-state index in [1.165, 1.54) is 6.07 Å². The van der Waals surface area contributed by atoms with Gasteiger partial charge in [-0.3, -0.25) is 4.79 Å². The van der Waals surface area contributed by atoms with E-state index in [4.69, 9.17) is 0 Å². The maximum absolute atomic E-state index is 13.9. The summed E-state index contributed by atoms with van der Waals surface area (Å²) < 4.78 is 13.9. The van der Waals surface area contributed by atoms with Crippen molar-refractivity contribution >= 4 is 5.78 Å². The van der Waals surface area contributed by atoms with Gasteiger partial charge in [0, 0.05) is 17.0 Å². The van der Waals surface area contributed by atoms with Crippen LogP contribution in [0, 0.1) is 18.7 Å². The predicted octanol–water partition coefficient (Wildman–Crippen LogP) is 4.64. The molecule has 2 rings (SSSR count). The molecule has 0 atom stereocenters. The molecule has 0 spiro atoms. The summed E-state index contributed by atoms with van der Waals surface area (Å²) in [5, 5.41) is 0. The van der Waals surface area contributed by atoms with Crippen LogP contribution in [-0.2, 0) is 0 Å². The van der Waals surface area contributed by atoms with Crippen LogP contribution in [0.2, 0.25) is 0 Å². The van der Waals surface area contributed by atoms with Crippen LogP contribution in [0.4, 0.5) is 4.39 Å². The van der Waals surface area contributed by atoms with E-state index in [1.807, 2.05) is 32.9 Å². The van der Waals surface area contributed by atoms with E-state index in [1.54, 1.807) is 24.3 Å². The number of aryl methyl sites for hydroxylation is 1. The summed E-state index contributed by atoms with van der Waals surface area (Å²) in [6, 6.07) is 12.1. The quantitative estimate of drug-likeness (QED) is 0.731. The van der Waals surface area contributed by atoms with E-state index in [0.29, 0.717) is 11.1 Å². The van der Waals surface area contributed by atoms with Crippen LogP contribution >= 0.6 is 0 Å². The summed E-state index contributed by atoms with van der Waals surface area (Å²) in [5.41, 5.74) is 2.92. The first-order valence-corrected chi connectivity index (χ1v) is 6.40. The molecule has 0 aromatic heterocycles. The van der Waals surface area contributed by atoms with Crippen LogP contribution in [0.15, 0.2) is 42.5 Å². The molecule has 0 bridgehead atoms. The zero-order valence-electron chi connectivity index (χ0n) is 11.4. The van der Waals surface area contributed by atoms with Gasteiger partial charge in [0.05, 0.1) is 0 Å². The second-order valence-electron chi connectivity index (χ2n) is 5.03. The van der Waals surface area contributed by atoms with Gasteiger partial charge < -0.3 is 0 Å². The van der Waals surface area contributed by atoms with Gasteiger partial charge in [0.2, 0.25) is 0 Å². The Morgan fingerprint density at radius 1 is 1.05 bits per heavy atom. The fraction of sp³-hybridized carbons (Fsp3) is 0.235. The predicted molar refractivity (Wildman–Crippen MR) is 75.7 cm³/mol. The molecule has 2 heteroatoms. The van der Waals surface area contributed by atoms with Crippen LogP contribution in [0.5, 0.6) is 0 Å². The minimum Gasteiger partial charge on any atom is -0.294 e. The molecular weight excluding hydrogens is 239 g/mol. The maximum Gasteiger partial charge on any atom is 0.165 e. The Kier molecular flexibility index (Phi) is 3.79. The van der Waals surface area contributed by atoms with Crippen molar-refractivity contribution in [1.82, 2.24) is 0 Å². The second kappa shape index (κ2) is 5.35. The minimum absolute atomic E-state index is 0.0591. The van der Waals surface area contributed by atoms with Crippen molar-refractivity contribution in [3.8, 4) is 11.1 Å². The van der Waals surface area contributed by atoms with Gasteiger partial charge in [0.15, 0.2) is 5.78 Å². The molecule has 19 heavy (non-hydrogen) atoms. The highest BCUT2D eigenvalue weighted by atomic mass is 19.1. The summed E-state index contributed by atoms with van der Waals surface area (Å²) in [5.74, 6) is -0.242. The number of hydrogen-bond acceptors (Lipinski definition) is 1. The van der Waals surface area contributed by atoms with Crippen LogP contribution < -0.4 is 0 Å². The molecule has 0 aliphatic rings. The van der Waals surface area contributed by atoms with Crippen molar-refractivity contribution in [3.05, 3.63) is 59.4 Å². The van der Waals surface area contributed by atoms with Gasteiger partial charge in [0.1, 0.15) is 5.82 Å². The van der Waals surface area contributed by atoms with Crippen molar-refractivity contribution < 1.29 is 9.18 Å². The molecule has 0 aliphatic carbocycles. The van der Waals surface area contributed by atoms with Gasteiger partial charge >= 0.3 is 0 Å². The third-order valence-corrected chi connectivity index (χ3v) is 3.21. The fourth-order valence-corrected chi connectivity index (χ4v) is 2.08. The smallest absolute Gasteiger partial charge is 0.165 e. The first-order valence-electron chi connectivity index (χ1n) is 6.40. The Balaban J connectivity index is 2.55. The summed E-state index contributed by atoms with van der Waals surface area (Å²) in [4.78, 5) is 12.0. The monoisotopic (exact) mass is 256 g/mol. The minimum atomic E-state index is -0.264. The van der Waals surface area contributed by atoms with Gasteiger partial charge in [-0.2, -0.15) is 0 Å². The molecule has 0 saturated carbocycles. The molecule has 0 saturated heterocycles. The van der Waals surface area contributed by atoms with Gasteiger partial charge in [-0.15, -0.1) is 0 Å². The Morgan fingerprint density at radius 3 is 2.37 bits per heavy atom. The zero-order chi connectivity index (χ0) is 14.0. The molecule has 0 radical (unpaired) electrons. The van der Waals surface area contributed by atoms with E-state index < -0.39 is 0 Å². The number of carbonyl (C=O) groups is 1. The summed E-state index contributed by atoms with van der Waals surface area (Å²) in [6.07, 6.45) is 0. The molecule has 0 N–H and O–H groups in total. The summed E-state index contributed by atoms with van der Waals surface area (Å²) in [7, 11) is 0. The Morgan fingerprint density at radius 2 is 1.74 bits per heavy atom. The van der Waals surface area contributed by atoms with E-state index in [-0.39, 0.29) is 17.5 Å². The molecule has 2 aromatic rings. The highest BCUT2D eigenvalue weighted by molar-refractivity contribution is 5.98. The maximum atomic E-state index is 13.9. The first kappa shape index (κ1) is 13.5. The van der Waals surface area contributed by atoms with Crippen molar-refractivity contribution in [2.75, 3.05) is 0 Å². The van der Waals surface area contributed by atoms with Crippen LogP contribution in [0.3, 0.4) is 0 Å². The third-order valence-electron chi connectivity index (χ3n) is 3.21. The highest BCUT2D eigenvalue weighted by Crippen LogP contribution is 2.27. The average Bonchev–Trinajstić information content (AvgIpc) is 2.39. The lowest BCUT2D eigenvalue weighted by Gasteiger charge is -2.11. The first-order chi connectivity index (χ1) is 9.00. The molecule has 98 valence electrons. The lowest BCUT2D eigenvalue weighted by Crippen LogP contribution is -2.07. The third kappa shape index (κ3) is 2.73. The van der Waals surface area contributed by atoms with Crippen molar-refractivity contribution in [1.29, 1.82) is 0 Å². The fourth-order valence-electron chi connectivity index (χ4n) is 2.08. The molecule has 0 heterocycles. The lowest BCUT2D eigenvalue weighted by atomic mass is 9.93. The number of benzene rings is 2. The van der Waals surface area contributed by atoms with Crippen LogP contribution in [-0.4, -0.2) is 5.78 Å². The topological polar surface area (TPSA) is 17.1 Å². The molecule has 0 aliphatic heterocycles. The second-order valence-corrected chi connectivity index (χ2v) is 5.03. The zero-order valence-corrected chi connectivity index (χ0v) is 11.4. The molecule has 1 nitrogen and oxygen atoms in total. The number of Topliss-reactive ketones (excluding diaryl/α,β-unsaturated/α-hetero) is 1. The molecular formula is C17H17FO. The van der Waals surface area contributed by atoms with E-state index in [0.717, 1.165) is 11.1 Å². The van der Waals surface area contributed by atoms with Gasteiger partial charge in [-0.1, -0.05) is 44.2 Å². The van der Waals surface area contributed by atoms with Crippen LogP contribution in [0.1, 0.15) is 29.8 Å². The average molecular weight is 256 g/mol. The highest BCUT2D eigenvalue weighted by Gasteiger charge is 2.14. The van der Waals surface area contributed by atoms with E-state index in [9.17, 15) is 9.18 Å². The Labute approximate surface area is 113 Å². The summed E-state index contributed by atoms with van der Waals surface area (Å²) in [6.45, 7) is 5.65. The number of rotatable bonds is 3. The molecule has 0 unspecified atom stereocenters. The number of ketones is 1. The largest absolute Gasteiger partial charge is 0.294 e. The van der Waals surface area contributed by atoms with Gasteiger partial charge in [-0.05, 0) is 30.2 Å². The van der Waals surface area contributed by atoms with Gasteiger partial charge in [0.25, 0.3) is 0 Å². The normalized spacial score (nSPS) is 10.8.